The molecule has 0 unspecified atom stereocenters. The van der Waals surface area contributed by atoms with E-state index in [0.717, 1.165) is 35.6 Å². The van der Waals surface area contributed by atoms with Crippen molar-refractivity contribution in [3.63, 3.8) is 0 Å². The quantitative estimate of drug-likeness (QED) is 0.790. The van der Waals surface area contributed by atoms with Crippen molar-refractivity contribution >= 4 is 16.7 Å². The summed E-state index contributed by atoms with van der Waals surface area (Å²) < 4.78 is 3.73. The van der Waals surface area contributed by atoms with Gasteiger partial charge in [0.15, 0.2) is 0 Å². The first-order chi connectivity index (χ1) is 11.0. The summed E-state index contributed by atoms with van der Waals surface area (Å²) in [7, 11) is 0. The molecule has 0 atom stereocenters. The first-order valence-corrected chi connectivity index (χ1v) is 8.87. The molecule has 1 fully saturated rings. The average molecular weight is 312 g/mol. The molecule has 23 heavy (non-hydrogen) atoms. The van der Waals surface area contributed by atoms with Gasteiger partial charge in [0.1, 0.15) is 0 Å². The van der Waals surface area contributed by atoms with Gasteiger partial charge in [0.05, 0.1) is 11.0 Å². The van der Waals surface area contributed by atoms with Crippen molar-refractivity contribution in [2.24, 2.45) is 5.92 Å². The molecule has 3 heteroatoms. The Kier molecular flexibility index (Phi) is 4.47. The smallest absolute Gasteiger partial charge is 0.292 e. The first kappa shape index (κ1) is 16.1. The third-order valence-corrected chi connectivity index (χ3v) is 5.41. The molecule has 0 amide bonds. The second kappa shape index (κ2) is 6.38. The minimum atomic E-state index is 0.0632. The largest absolute Gasteiger partial charge is 0.333 e. The van der Waals surface area contributed by atoms with E-state index in [1.807, 2.05) is 11.5 Å². The van der Waals surface area contributed by atoms with Gasteiger partial charge in [0, 0.05) is 12.2 Å². The molecule has 0 bridgehead atoms. The molecule has 1 saturated carbocycles. The van der Waals surface area contributed by atoms with Crippen molar-refractivity contribution in [2.75, 3.05) is 0 Å². The van der Waals surface area contributed by atoms with E-state index >= 15 is 0 Å². The summed E-state index contributed by atoms with van der Waals surface area (Å²) in [5.41, 5.74) is 5.36. The van der Waals surface area contributed by atoms with Crippen LogP contribution in [0.25, 0.3) is 16.7 Å². The Balaban J connectivity index is 2.01. The van der Waals surface area contributed by atoms with Crippen LogP contribution in [0.5, 0.6) is 0 Å². The number of allylic oxidation sites excluding steroid dienone is 1. The van der Waals surface area contributed by atoms with E-state index in [9.17, 15) is 4.79 Å². The molecule has 0 N–H and O–H groups in total. The predicted molar refractivity (Wildman–Crippen MR) is 97.9 cm³/mol. The summed E-state index contributed by atoms with van der Waals surface area (Å²) in [6, 6.07) is 4.28. The van der Waals surface area contributed by atoms with Crippen molar-refractivity contribution < 1.29 is 0 Å². The van der Waals surface area contributed by atoms with Crippen LogP contribution in [-0.4, -0.2) is 9.13 Å². The summed E-state index contributed by atoms with van der Waals surface area (Å²) in [4.78, 5) is 12.9. The third-order valence-electron chi connectivity index (χ3n) is 5.41. The van der Waals surface area contributed by atoms with Crippen LogP contribution in [0.4, 0.5) is 0 Å². The number of aromatic nitrogens is 2. The van der Waals surface area contributed by atoms with Gasteiger partial charge in [-0.25, -0.2) is 4.79 Å². The Morgan fingerprint density at radius 1 is 1.13 bits per heavy atom. The zero-order valence-electron chi connectivity index (χ0n) is 14.7. The zero-order valence-corrected chi connectivity index (χ0v) is 14.7. The molecule has 1 aromatic carbocycles. The topological polar surface area (TPSA) is 26.9 Å². The van der Waals surface area contributed by atoms with Crippen molar-refractivity contribution in [3.8, 4) is 0 Å². The van der Waals surface area contributed by atoms with E-state index in [-0.39, 0.29) is 5.69 Å². The summed E-state index contributed by atoms with van der Waals surface area (Å²) in [6.45, 7) is 10.9. The van der Waals surface area contributed by atoms with Gasteiger partial charge in [-0.1, -0.05) is 38.7 Å². The predicted octanol–water partition coefficient (Wildman–Crippen LogP) is 4.88. The van der Waals surface area contributed by atoms with Crippen LogP contribution < -0.4 is 5.69 Å². The van der Waals surface area contributed by atoms with E-state index in [1.165, 1.54) is 43.2 Å². The molecule has 0 spiro atoms. The number of benzene rings is 1. The van der Waals surface area contributed by atoms with Gasteiger partial charge in [-0.15, -0.1) is 0 Å². The monoisotopic (exact) mass is 312 g/mol. The van der Waals surface area contributed by atoms with Crippen LogP contribution in [-0.2, 0) is 6.54 Å². The minimum absolute atomic E-state index is 0.0632. The molecule has 1 aliphatic rings. The first-order valence-electron chi connectivity index (χ1n) is 8.87. The normalized spacial score (nSPS) is 16.1. The maximum atomic E-state index is 12.9. The second-order valence-electron chi connectivity index (χ2n) is 7.22. The summed E-state index contributed by atoms with van der Waals surface area (Å²) in [6.07, 6.45) is 7.85. The van der Waals surface area contributed by atoms with Crippen LogP contribution in [0, 0.1) is 19.8 Å². The van der Waals surface area contributed by atoms with Crippen LogP contribution >= 0.6 is 0 Å². The number of fused-ring (bicyclic) bond motifs is 1. The highest BCUT2D eigenvalue weighted by Gasteiger charge is 2.18. The second-order valence-corrected chi connectivity index (χ2v) is 7.22. The molecule has 1 heterocycles. The van der Waals surface area contributed by atoms with Crippen molar-refractivity contribution in [1.29, 1.82) is 0 Å². The average Bonchev–Trinajstić information content (AvgIpc) is 2.78. The molecule has 0 radical (unpaired) electrons. The van der Waals surface area contributed by atoms with E-state index in [4.69, 9.17) is 0 Å². The summed E-state index contributed by atoms with van der Waals surface area (Å²) in [5, 5.41) is 0. The molecule has 2 aromatic rings. The summed E-state index contributed by atoms with van der Waals surface area (Å²) in [5.74, 6) is 0.783. The Hall–Kier alpha value is -1.77. The lowest BCUT2D eigenvalue weighted by atomic mass is 9.87. The Bertz CT molecular complexity index is 788. The Morgan fingerprint density at radius 2 is 1.74 bits per heavy atom. The molecule has 0 aliphatic heterocycles. The van der Waals surface area contributed by atoms with Crippen molar-refractivity contribution in [1.82, 2.24) is 9.13 Å². The van der Waals surface area contributed by atoms with Crippen LogP contribution in [0.2, 0.25) is 0 Å². The number of hydrogen-bond donors (Lipinski definition) is 0. The third kappa shape index (κ3) is 3.01. The molecule has 3 rings (SSSR count). The van der Waals surface area contributed by atoms with Gasteiger partial charge in [-0.2, -0.15) is 0 Å². The Labute approximate surface area is 138 Å². The van der Waals surface area contributed by atoms with Gasteiger partial charge in [-0.05, 0) is 56.4 Å². The van der Waals surface area contributed by atoms with E-state index in [1.54, 1.807) is 4.57 Å². The minimum Gasteiger partial charge on any atom is -0.292 e. The highest BCUT2D eigenvalue weighted by atomic mass is 16.1. The number of nitrogens with zero attached hydrogens (tertiary/aromatic N) is 2. The van der Waals surface area contributed by atoms with E-state index in [0.29, 0.717) is 0 Å². The lowest BCUT2D eigenvalue weighted by Gasteiger charge is -2.21. The fraction of sp³-hybridized carbons (Fsp3) is 0.550. The number of imidazole rings is 1. The standard InChI is InChI=1S/C20H28N2O/c1-14(2)22-19-13-16(4)15(3)12-18(19)21(20(22)23)11-10-17-8-6-5-7-9-17/h12-13,17H,1,5-11H2,2-4H3. The van der Waals surface area contributed by atoms with E-state index < -0.39 is 0 Å². The lowest BCUT2D eigenvalue weighted by Crippen LogP contribution is -2.24. The van der Waals surface area contributed by atoms with E-state index in [2.05, 4.69) is 32.6 Å². The molecule has 1 aromatic heterocycles. The number of hydrogen-bond acceptors (Lipinski definition) is 1. The maximum Gasteiger partial charge on any atom is 0.333 e. The summed E-state index contributed by atoms with van der Waals surface area (Å²) >= 11 is 0. The fourth-order valence-electron chi connectivity index (χ4n) is 3.88. The fourth-order valence-corrected chi connectivity index (χ4v) is 3.88. The molecule has 124 valence electrons. The number of aryl methyl sites for hydroxylation is 3. The van der Waals surface area contributed by atoms with Gasteiger partial charge in [0.2, 0.25) is 0 Å². The highest BCUT2D eigenvalue weighted by molar-refractivity contribution is 5.81. The molecule has 0 saturated heterocycles. The van der Waals surface area contributed by atoms with Gasteiger partial charge in [0.25, 0.3) is 0 Å². The SMILES string of the molecule is C=C(C)n1c(=O)n(CCC2CCCCC2)c2cc(C)c(C)cc21. The van der Waals surface area contributed by atoms with Crippen molar-refractivity contribution in [2.45, 2.75) is 65.8 Å². The van der Waals surface area contributed by atoms with Gasteiger partial charge >= 0.3 is 5.69 Å². The molecule has 1 aliphatic carbocycles. The lowest BCUT2D eigenvalue weighted by molar-refractivity contribution is 0.324. The Morgan fingerprint density at radius 3 is 2.35 bits per heavy atom. The van der Waals surface area contributed by atoms with Crippen LogP contribution in [0.15, 0.2) is 23.5 Å². The molecule has 3 nitrogen and oxygen atoms in total. The van der Waals surface area contributed by atoms with Crippen LogP contribution in [0.1, 0.15) is 56.6 Å². The maximum absolute atomic E-state index is 12.9. The van der Waals surface area contributed by atoms with Gasteiger partial charge in [-0.3, -0.25) is 9.13 Å². The molecular weight excluding hydrogens is 284 g/mol. The number of rotatable bonds is 4. The van der Waals surface area contributed by atoms with Crippen LogP contribution in [0.3, 0.4) is 0 Å². The zero-order chi connectivity index (χ0) is 16.6. The van der Waals surface area contributed by atoms with Gasteiger partial charge < -0.3 is 0 Å². The van der Waals surface area contributed by atoms with Crippen molar-refractivity contribution in [3.05, 3.63) is 40.3 Å². The highest BCUT2D eigenvalue weighted by Crippen LogP contribution is 2.27. The molecular formula is C20H28N2O.